The number of benzene rings is 1. The number of rotatable bonds is 5. The Morgan fingerprint density at radius 3 is 2.93 bits per heavy atom. The Morgan fingerprint density at radius 1 is 1.43 bits per heavy atom. The van der Waals surface area contributed by atoms with Crippen LogP contribution in [0.2, 0.25) is 5.02 Å². The standard InChI is InChI=1S/C10H12BrClFN/c11-10-3-2-9(12)6-8(10)7-14-5-1-4-13/h2-3,6,14H,1,4-5,7H2. The van der Waals surface area contributed by atoms with Crippen LogP contribution in [0.1, 0.15) is 12.0 Å². The molecule has 0 bridgehead atoms. The first-order valence-electron chi connectivity index (χ1n) is 4.44. The molecule has 0 radical (unpaired) electrons. The third-order valence-electron chi connectivity index (χ3n) is 1.81. The van der Waals surface area contributed by atoms with Gasteiger partial charge in [-0.2, -0.15) is 0 Å². The summed E-state index contributed by atoms with van der Waals surface area (Å²) >= 11 is 9.28. The third-order valence-corrected chi connectivity index (χ3v) is 2.82. The van der Waals surface area contributed by atoms with Crippen LogP contribution in [-0.4, -0.2) is 13.2 Å². The van der Waals surface area contributed by atoms with E-state index < -0.39 is 0 Å². The first-order chi connectivity index (χ1) is 6.74. The minimum Gasteiger partial charge on any atom is -0.313 e. The quantitative estimate of drug-likeness (QED) is 0.813. The van der Waals surface area contributed by atoms with Crippen LogP contribution in [0.25, 0.3) is 0 Å². The number of nitrogens with one attached hydrogen (secondary N) is 1. The van der Waals surface area contributed by atoms with Gasteiger partial charge in [0.2, 0.25) is 0 Å². The van der Waals surface area contributed by atoms with Crippen LogP contribution in [-0.2, 0) is 6.54 Å². The zero-order valence-electron chi connectivity index (χ0n) is 7.69. The van der Waals surface area contributed by atoms with E-state index >= 15 is 0 Å². The Hall–Kier alpha value is -0.120. The van der Waals surface area contributed by atoms with Crippen LogP contribution in [0.4, 0.5) is 4.39 Å². The summed E-state index contributed by atoms with van der Waals surface area (Å²) in [6, 6.07) is 5.64. The maximum absolute atomic E-state index is 11.8. The largest absolute Gasteiger partial charge is 0.313 e. The first kappa shape index (κ1) is 12.0. The fourth-order valence-corrected chi connectivity index (χ4v) is 1.68. The summed E-state index contributed by atoms with van der Waals surface area (Å²) in [5.74, 6) is 0. The van der Waals surface area contributed by atoms with Crippen molar-refractivity contribution in [2.75, 3.05) is 13.2 Å². The molecule has 0 heterocycles. The molecule has 0 unspecified atom stereocenters. The summed E-state index contributed by atoms with van der Waals surface area (Å²) in [5, 5.41) is 3.86. The average Bonchev–Trinajstić information content (AvgIpc) is 2.18. The predicted octanol–water partition coefficient (Wildman–Crippen LogP) is 3.55. The molecule has 0 fully saturated rings. The van der Waals surface area contributed by atoms with Crippen molar-refractivity contribution in [3.05, 3.63) is 33.3 Å². The van der Waals surface area contributed by atoms with E-state index in [0.29, 0.717) is 19.5 Å². The predicted molar refractivity (Wildman–Crippen MR) is 61.5 cm³/mol. The molecule has 0 saturated heterocycles. The SMILES string of the molecule is FCCCNCc1cc(Cl)ccc1Br. The average molecular weight is 281 g/mol. The summed E-state index contributed by atoms with van der Waals surface area (Å²) in [6.45, 7) is 1.13. The molecule has 1 aromatic carbocycles. The molecule has 78 valence electrons. The van der Waals surface area contributed by atoms with E-state index in [9.17, 15) is 4.39 Å². The molecule has 0 aliphatic rings. The molecule has 0 atom stereocenters. The van der Waals surface area contributed by atoms with Gasteiger partial charge < -0.3 is 5.32 Å². The lowest BCUT2D eigenvalue weighted by Gasteiger charge is -2.06. The Kier molecular flexibility index (Phi) is 5.45. The molecule has 14 heavy (non-hydrogen) atoms. The fraction of sp³-hybridized carbons (Fsp3) is 0.400. The lowest BCUT2D eigenvalue weighted by Crippen LogP contribution is -2.15. The van der Waals surface area contributed by atoms with Crippen molar-refractivity contribution in [3.8, 4) is 0 Å². The van der Waals surface area contributed by atoms with Crippen LogP contribution < -0.4 is 5.32 Å². The van der Waals surface area contributed by atoms with Gasteiger partial charge in [-0.3, -0.25) is 4.39 Å². The van der Waals surface area contributed by atoms with Gasteiger partial charge in [0.05, 0.1) is 6.67 Å². The Morgan fingerprint density at radius 2 is 2.21 bits per heavy atom. The molecule has 1 nitrogen and oxygen atoms in total. The summed E-state index contributed by atoms with van der Waals surface area (Å²) in [7, 11) is 0. The van der Waals surface area contributed by atoms with Gasteiger partial charge in [-0.15, -0.1) is 0 Å². The molecule has 4 heteroatoms. The van der Waals surface area contributed by atoms with E-state index in [-0.39, 0.29) is 6.67 Å². The van der Waals surface area contributed by atoms with E-state index in [1.165, 1.54) is 0 Å². The molecule has 1 N–H and O–H groups in total. The maximum Gasteiger partial charge on any atom is 0.0906 e. The lowest BCUT2D eigenvalue weighted by atomic mass is 10.2. The van der Waals surface area contributed by atoms with Gasteiger partial charge in [-0.25, -0.2) is 0 Å². The minimum absolute atomic E-state index is 0.274. The van der Waals surface area contributed by atoms with Gasteiger partial charge in [0.25, 0.3) is 0 Å². The maximum atomic E-state index is 11.8. The number of alkyl halides is 1. The number of halogens is 3. The van der Waals surface area contributed by atoms with Crippen LogP contribution in [0.5, 0.6) is 0 Å². The Labute approximate surface area is 96.8 Å². The van der Waals surface area contributed by atoms with Gasteiger partial charge >= 0.3 is 0 Å². The van der Waals surface area contributed by atoms with Crippen LogP contribution >= 0.6 is 27.5 Å². The van der Waals surface area contributed by atoms with Crippen LogP contribution in [0.15, 0.2) is 22.7 Å². The van der Waals surface area contributed by atoms with Gasteiger partial charge in [0, 0.05) is 16.0 Å². The topological polar surface area (TPSA) is 12.0 Å². The lowest BCUT2D eigenvalue weighted by molar-refractivity contribution is 0.459. The summed E-state index contributed by atoms with van der Waals surface area (Å²) in [5.41, 5.74) is 1.09. The van der Waals surface area contributed by atoms with Gasteiger partial charge in [-0.05, 0) is 36.7 Å². The van der Waals surface area contributed by atoms with Gasteiger partial charge in [0.15, 0.2) is 0 Å². The van der Waals surface area contributed by atoms with E-state index in [0.717, 1.165) is 15.1 Å². The van der Waals surface area contributed by atoms with Gasteiger partial charge in [-0.1, -0.05) is 27.5 Å². The molecule has 0 amide bonds. The zero-order chi connectivity index (χ0) is 10.4. The molecule has 0 saturated carbocycles. The third kappa shape index (κ3) is 3.95. The Bertz CT molecular complexity index is 293. The number of hydrogen-bond donors (Lipinski definition) is 1. The Balaban J connectivity index is 2.45. The van der Waals surface area contributed by atoms with Crippen LogP contribution in [0, 0.1) is 0 Å². The van der Waals surface area contributed by atoms with E-state index in [1.54, 1.807) is 0 Å². The van der Waals surface area contributed by atoms with Crippen molar-refractivity contribution in [2.45, 2.75) is 13.0 Å². The molecule has 1 aromatic rings. The van der Waals surface area contributed by atoms with Crippen molar-refractivity contribution < 1.29 is 4.39 Å². The smallest absolute Gasteiger partial charge is 0.0906 e. The monoisotopic (exact) mass is 279 g/mol. The summed E-state index contributed by atoms with van der Waals surface area (Å²) in [6.07, 6.45) is 0.554. The second-order valence-corrected chi connectivity index (χ2v) is 4.25. The van der Waals surface area contributed by atoms with Crippen molar-refractivity contribution in [1.29, 1.82) is 0 Å². The molecule has 0 aliphatic heterocycles. The number of hydrogen-bond acceptors (Lipinski definition) is 1. The highest BCUT2D eigenvalue weighted by atomic mass is 79.9. The summed E-state index contributed by atoms with van der Waals surface area (Å²) < 4.78 is 12.8. The second kappa shape index (κ2) is 6.38. The molecule has 1 rings (SSSR count). The fourth-order valence-electron chi connectivity index (χ4n) is 1.09. The molecule has 0 aromatic heterocycles. The second-order valence-electron chi connectivity index (χ2n) is 2.96. The van der Waals surface area contributed by atoms with Crippen LogP contribution in [0.3, 0.4) is 0 Å². The van der Waals surface area contributed by atoms with E-state index in [2.05, 4.69) is 21.2 Å². The first-order valence-corrected chi connectivity index (χ1v) is 5.61. The minimum atomic E-state index is -0.274. The van der Waals surface area contributed by atoms with Crippen molar-refractivity contribution in [2.24, 2.45) is 0 Å². The normalized spacial score (nSPS) is 10.5. The summed E-state index contributed by atoms with van der Waals surface area (Å²) in [4.78, 5) is 0. The highest BCUT2D eigenvalue weighted by Crippen LogP contribution is 2.20. The molecular weight excluding hydrogens is 268 g/mol. The van der Waals surface area contributed by atoms with Crippen molar-refractivity contribution in [1.82, 2.24) is 5.32 Å². The van der Waals surface area contributed by atoms with Gasteiger partial charge in [0.1, 0.15) is 0 Å². The van der Waals surface area contributed by atoms with E-state index in [4.69, 9.17) is 11.6 Å². The van der Waals surface area contributed by atoms with E-state index in [1.807, 2.05) is 18.2 Å². The molecule has 0 aliphatic carbocycles. The van der Waals surface area contributed by atoms with Crippen molar-refractivity contribution in [3.63, 3.8) is 0 Å². The molecule has 0 spiro atoms. The molecular formula is C10H12BrClFN. The highest BCUT2D eigenvalue weighted by Gasteiger charge is 1.99. The van der Waals surface area contributed by atoms with Crippen molar-refractivity contribution >= 4 is 27.5 Å². The highest BCUT2D eigenvalue weighted by molar-refractivity contribution is 9.10. The zero-order valence-corrected chi connectivity index (χ0v) is 10.0.